The molecule has 2 rings (SSSR count). The minimum Gasteiger partial charge on any atom is -0.394 e. The van der Waals surface area contributed by atoms with Gasteiger partial charge in [-0.05, 0) is 83.5 Å². The molecule has 1 amide bonds. The summed E-state index contributed by atoms with van der Waals surface area (Å²) < 4.78 is 22.7. The average Bonchev–Trinajstić information content (AvgIpc) is 3.42. The van der Waals surface area contributed by atoms with Crippen LogP contribution in [0.25, 0.3) is 0 Å². The third-order valence-electron chi connectivity index (χ3n) is 14.0. The Hall–Kier alpha value is -2.83. The van der Waals surface area contributed by atoms with Crippen LogP contribution in [0.1, 0.15) is 206 Å². The van der Waals surface area contributed by atoms with Crippen molar-refractivity contribution >= 4 is 5.91 Å². The van der Waals surface area contributed by atoms with Gasteiger partial charge in [-0.25, -0.2) is 0 Å². The van der Waals surface area contributed by atoms with Crippen LogP contribution >= 0.6 is 0 Å². The van der Waals surface area contributed by atoms with E-state index >= 15 is 0 Å². The van der Waals surface area contributed by atoms with Crippen molar-refractivity contribution in [2.75, 3.05) is 19.8 Å². The molecule has 0 aromatic heterocycles. The van der Waals surface area contributed by atoms with E-state index in [-0.39, 0.29) is 18.9 Å². The Bertz CT molecular complexity index is 1600. The number of hydrogen-bond donors (Lipinski definition) is 9. The lowest BCUT2D eigenvalue weighted by molar-refractivity contribution is -0.359. The summed E-state index contributed by atoms with van der Waals surface area (Å²) in [6.07, 6.45) is 46.4. The minimum atomic E-state index is -1.79. The highest BCUT2D eigenvalue weighted by atomic mass is 16.7. The number of aliphatic hydroxyl groups is 8. The largest absolute Gasteiger partial charge is 0.394 e. The maximum absolute atomic E-state index is 13.2. The van der Waals surface area contributed by atoms with E-state index in [2.05, 4.69) is 92.1 Å². The lowest BCUT2D eigenvalue weighted by atomic mass is 9.97. The summed E-state index contributed by atoms with van der Waals surface area (Å²) >= 11 is 0. The van der Waals surface area contributed by atoms with E-state index in [4.69, 9.17) is 18.9 Å². The second kappa shape index (κ2) is 47.0. The first-order valence-electron chi connectivity index (χ1n) is 29.8. The van der Waals surface area contributed by atoms with E-state index < -0.39 is 86.8 Å². The predicted molar refractivity (Wildman–Crippen MR) is 304 cm³/mol. The van der Waals surface area contributed by atoms with Crippen molar-refractivity contribution in [1.29, 1.82) is 0 Å². The Labute approximate surface area is 459 Å². The van der Waals surface area contributed by atoms with Crippen LogP contribution in [0.4, 0.5) is 0 Å². The Morgan fingerprint density at radius 2 is 0.921 bits per heavy atom. The molecule has 438 valence electrons. The zero-order valence-corrected chi connectivity index (χ0v) is 47.0. The van der Waals surface area contributed by atoms with Gasteiger partial charge in [0.2, 0.25) is 5.91 Å². The van der Waals surface area contributed by atoms with Gasteiger partial charge in [0.1, 0.15) is 48.8 Å². The summed E-state index contributed by atoms with van der Waals surface area (Å²) in [7, 11) is 0. The van der Waals surface area contributed by atoms with Crippen molar-refractivity contribution in [2.45, 2.75) is 280 Å². The van der Waals surface area contributed by atoms with Gasteiger partial charge in [-0.1, -0.05) is 202 Å². The molecule has 76 heavy (non-hydrogen) atoms. The first-order chi connectivity index (χ1) is 37.1. The first-order valence-corrected chi connectivity index (χ1v) is 29.8. The molecule has 2 fully saturated rings. The second-order valence-electron chi connectivity index (χ2n) is 20.7. The SMILES string of the molecule is CC/C=C\C/C=C\C/C=C\C/C=C\CCCCCCCCCCCCCCCCCCC(=O)NC(COC1OC(CO)C(OC2OC(CO)C(O)C(O)C2O)C(O)C1O)C(O)/C=C/CC/C=C/CC/C=C/CCCCC. The molecule has 2 aliphatic heterocycles. The number of nitrogens with one attached hydrogen (secondary N) is 1. The number of amides is 1. The summed E-state index contributed by atoms with van der Waals surface area (Å²) in [5.74, 6) is -0.257. The zero-order chi connectivity index (χ0) is 55.3. The molecule has 0 bridgehead atoms. The molecule has 0 aliphatic carbocycles. The normalized spacial score (nSPS) is 25.5. The molecule has 12 atom stereocenters. The van der Waals surface area contributed by atoms with E-state index in [1.807, 2.05) is 6.08 Å². The summed E-state index contributed by atoms with van der Waals surface area (Å²) in [4.78, 5) is 13.2. The Kier molecular flexibility index (Phi) is 42.9. The van der Waals surface area contributed by atoms with Crippen molar-refractivity contribution < 1.29 is 64.6 Å². The van der Waals surface area contributed by atoms with Gasteiger partial charge >= 0.3 is 0 Å². The quantitative estimate of drug-likeness (QED) is 0.0205. The standard InChI is InChI=1S/C62H107NO13/c1-3-5-7-9-11-13-15-17-18-19-20-21-22-23-24-25-26-27-28-29-30-31-32-34-36-38-40-42-44-46-54(67)63-50(51(66)45-43-41-39-37-35-33-16-14-12-10-8-6-4-2)49-73-61-59(72)57(70)60(53(48-65)75-61)76-62-58(71)56(69)55(68)52(47-64)74-62/h5,7,11-14,17-18,20-21,35,37,43,45,50-53,55-62,64-66,68-72H,3-4,6,8-10,15-16,19,22-34,36,38-42,44,46-49H2,1-2H3,(H,63,67)/b7-5-,13-11-,14-12+,18-17-,21-20-,37-35+,45-43+. The molecule has 0 spiro atoms. The Balaban J connectivity index is 1.70. The van der Waals surface area contributed by atoms with Gasteiger partial charge in [0.05, 0.1) is 32.0 Å². The van der Waals surface area contributed by atoms with Crippen LogP contribution in [0.2, 0.25) is 0 Å². The van der Waals surface area contributed by atoms with Crippen molar-refractivity contribution in [2.24, 2.45) is 0 Å². The Morgan fingerprint density at radius 3 is 1.45 bits per heavy atom. The molecule has 9 N–H and O–H groups in total. The maximum Gasteiger partial charge on any atom is 0.220 e. The second-order valence-corrected chi connectivity index (χ2v) is 20.7. The highest BCUT2D eigenvalue weighted by Crippen LogP contribution is 2.30. The summed E-state index contributed by atoms with van der Waals surface area (Å²) in [5.41, 5.74) is 0. The highest BCUT2D eigenvalue weighted by molar-refractivity contribution is 5.76. The van der Waals surface area contributed by atoms with Crippen LogP contribution in [0.5, 0.6) is 0 Å². The molecule has 2 aliphatic rings. The zero-order valence-electron chi connectivity index (χ0n) is 47.0. The highest BCUT2D eigenvalue weighted by Gasteiger charge is 2.51. The molecule has 14 nitrogen and oxygen atoms in total. The third-order valence-corrected chi connectivity index (χ3v) is 14.0. The van der Waals surface area contributed by atoms with Crippen molar-refractivity contribution in [3.8, 4) is 0 Å². The maximum atomic E-state index is 13.2. The van der Waals surface area contributed by atoms with Crippen LogP contribution in [0.3, 0.4) is 0 Å². The van der Waals surface area contributed by atoms with Crippen LogP contribution < -0.4 is 5.32 Å². The lowest BCUT2D eigenvalue weighted by Gasteiger charge is -2.46. The van der Waals surface area contributed by atoms with Gasteiger partial charge in [-0.3, -0.25) is 4.79 Å². The van der Waals surface area contributed by atoms with Crippen molar-refractivity contribution in [3.63, 3.8) is 0 Å². The van der Waals surface area contributed by atoms with Crippen molar-refractivity contribution in [1.82, 2.24) is 5.32 Å². The molecule has 2 saturated heterocycles. The fourth-order valence-corrected chi connectivity index (χ4v) is 9.25. The Morgan fingerprint density at radius 1 is 0.487 bits per heavy atom. The van der Waals surface area contributed by atoms with Gasteiger partial charge < -0.3 is 65.1 Å². The van der Waals surface area contributed by atoms with E-state index in [0.717, 1.165) is 70.6 Å². The van der Waals surface area contributed by atoms with E-state index in [1.165, 1.54) is 103 Å². The number of carbonyl (C=O) groups excluding carboxylic acids is 1. The van der Waals surface area contributed by atoms with E-state index in [9.17, 15) is 45.6 Å². The van der Waals surface area contributed by atoms with Crippen LogP contribution in [0.15, 0.2) is 85.1 Å². The first kappa shape index (κ1) is 69.3. The number of carbonyl (C=O) groups is 1. The monoisotopic (exact) mass is 1070 g/mol. The number of hydrogen-bond acceptors (Lipinski definition) is 13. The molecule has 0 aromatic carbocycles. The lowest BCUT2D eigenvalue weighted by Crippen LogP contribution is -2.65. The number of unbranched alkanes of at least 4 members (excludes halogenated alkanes) is 21. The van der Waals surface area contributed by atoms with E-state index in [1.54, 1.807) is 6.08 Å². The minimum absolute atomic E-state index is 0.257. The number of aliphatic hydroxyl groups excluding tert-OH is 8. The number of allylic oxidation sites excluding steroid dienone is 13. The summed E-state index contributed by atoms with van der Waals surface area (Å²) in [6, 6.07) is -0.940. The van der Waals surface area contributed by atoms with Gasteiger partial charge in [-0.2, -0.15) is 0 Å². The topological polar surface area (TPSA) is 228 Å². The van der Waals surface area contributed by atoms with Gasteiger partial charge in [0, 0.05) is 6.42 Å². The molecule has 0 radical (unpaired) electrons. The molecule has 2 heterocycles. The van der Waals surface area contributed by atoms with Crippen molar-refractivity contribution in [3.05, 3.63) is 85.1 Å². The average molecular weight is 1070 g/mol. The smallest absolute Gasteiger partial charge is 0.220 e. The van der Waals surface area contributed by atoms with Gasteiger partial charge in [0.25, 0.3) is 0 Å². The molecule has 0 saturated carbocycles. The predicted octanol–water partition coefficient (Wildman–Crippen LogP) is 10.1. The number of rotatable bonds is 46. The molecule has 0 aromatic rings. The number of ether oxygens (including phenoxy) is 4. The third kappa shape index (κ3) is 32.3. The van der Waals surface area contributed by atoms with Gasteiger partial charge in [-0.15, -0.1) is 0 Å². The summed E-state index contributed by atoms with van der Waals surface area (Å²) in [5, 5.41) is 86.9. The van der Waals surface area contributed by atoms with E-state index in [0.29, 0.717) is 12.8 Å². The van der Waals surface area contributed by atoms with Gasteiger partial charge in [0.15, 0.2) is 12.6 Å². The van der Waals surface area contributed by atoms with Crippen LogP contribution in [0, 0.1) is 0 Å². The van der Waals surface area contributed by atoms with Crippen LogP contribution in [-0.2, 0) is 23.7 Å². The fraction of sp³-hybridized carbons (Fsp3) is 0.758. The fourth-order valence-electron chi connectivity index (χ4n) is 9.25. The summed E-state index contributed by atoms with van der Waals surface area (Å²) in [6.45, 7) is 2.61. The molecule has 14 heteroatoms. The molecular weight excluding hydrogens is 967 g/mol. The van der Waals surface area contributed by atoms with Crippen LogP contribution in [-0.4, -0.2) is 140 Å². The molecular formula is C62H107NO13. The molecule has 12 unspecified atom stereocenters.